The van der Waals surface area contributed by atoms with Gasteiger partial charge in [-0.2, -0.15) is 0 Å². The molecule has 94 valence electrons. The topological polar surface area (TPSA) is 38.5 Å². The van der Waals surface area contributed by atoms with Crippen molar-refractivity contribution in [3.05, 3.63) is 28.2 Å². The summed E-state index contributed by atoms with van der Waals surface area (Å²) in [6.07, 6.45) is 1.10. The van der Waals surface area contributed by atoms with Gasteiger partial charge in [-0.1, -0.05) is 23.2 Å². The predicted octanol–water partition coefficient (Wildman–Crippen LogP) is 2.55. The van der Waals surface area contributed by atoms with E-state index < -0.39 is 0 Å². The third-order valence-electron chi connectivity index (χ3n) is 2.90. The number of hydrogen-bond donors (Lipinski definition) is 1. The molecule has 1 unspecified atom stereocenters. The first kappa shape index (κ1) is 13.0. The number of hydrogen-bond acceptors (Lipinski definition) is 3. The second-order valence-corrected chi connectivity index (χ2v) is 4.93. The van der Waals surface area contributed by atoms with E-state index in [-0.39, 0.29) is 6.10 Å². The van der Waals surface area contributed by atoms with E-state index in [1.54, 1.807) is 0 Å². The highest BCUT2D eigenvalue weighted by molar-refractivity contribution is 6.42. The molecule has 3 nitrogen and oxygen atoms in total. The number of anilines is 1. The van der Waals surface area contributed by atoms with E-state index in [9.17, 15) is 0 Å². The molecule has 1 saturated heterocycles. The van der Waals surface area contributed by atoms with Crippen LogP contribution < -0.4 is 10.6 Å². The molecule has 2 rings (SSSR count). The molecule has 0 bridgehead atoms. The average Bonchev–Trinajstić information content (AvgIpc) is 2.33. The van der Waals surface area contributed by atoms with Gasteiger partial charge >= 0.3 is 0 Å². The van der Waals surface area contributed by atoms with E-state index in [4.69, 9.17) is 33.7 Å². The average molecular weight is 275 g/mol. The first-order valence-corrected chi connectivity index (χ1v) is 6.48. The lowest BCUT2D eigenvalue weighted by Gasteiger charge is -2.34. The Morgan fingerprint density at radius 1 is 1.35 bits per heavy atom. The van der Waals surface area contributed by atoms with Crippen molar-refractivity contribution < 1.29 is 4.74 Å². The van der Waals surface area contributed by atoms with E-state index in [1.165, 1.54) is 0 Å². The highest BCUT2D eigenvalue weighted by Gasteiger charge is 2.20. The summed E-state index contributed by atoms with van der Waals surface area (Å²) in [5.74, 6) is 0. The zero-order valence-corrected chi connectivity index (χ0v) is 11.0. The minimum atomic E-state index is 0.211. The van der Waals surface area contributed by atoms with Crippen molar-refractivity contribution in [1.82, 2.24) is 0 Å². The Morgan fingerprint density at radius 2 is 2.18 bits per heavy atom. The number of nitrogens with two attached hydrogens (primary N) is 1. The van der Waals surface area contributed by atoms with Crippen molar-refractivity contribution in [1.29, 1.82) is 0 Å². The van der Waals surface area contributed by atoms with E-state index in [1.807, 2.05) is 18.2 Å². The summed E-state index contributed by atoms with van der Waals surface area (Å²) in [6.45, 7) is 3.11. The lowest BCUT2D eigenvalue weighted by Crippen LogP contribution is -2.43. The number of rotatable bonds is 3. The van der Waals surface area contributed by atoms with Crippen molar-refractivity contribution in [3.63, 3.8) is 0 Å². The number of halogens is 2. The van der Waals surface area contributed by atoms with Crippen LogP contribution in [0.4, 0.5) is 5.69 Å². The molecular weight excluding hydrogens is 259 g/mol. The standard InChI is InChI=1S/C12H16Cl2N2O/c13-11-2-1-9(7-12(11)14)16-5-6-17-10(8-16)3-4-15/h1-2,7,10H,3-6,8,15H2. The minimum absolute atomic E-state index is 0.211. The van der Waals surface area contributed by atoms with Crippen LogP contribution in [-0.4, -0.2) is 32.3 Å². The van der Waals surface area contributed by atoms with Crippen molar-refractivity contribution in [2.45, 2.75) is 12.5 Å². The summed E-state index contributed by atoms with van der Waals surface area (Å²) in [5.41, 5.74) is 6.64. The minimum Gasteiger partial charge on any atom is -0.374 e. The molecular formula is C12H16Cl2N2O. The van der Waals surface area contributed by atoms with Crippen LogP contribution >= 0.6 is 23.2 Å². The van der Waals surface area contributed by atoms with Crippen LogP contribution in [0.5, 0.6) is 0 Å². The molecule has 0 aliphatic carbocycles. The Balaban J connectivity index is 2.08. The number of morpholine rings is 1. The van der Waals surface area contributed by atoms with Gasteiger partial charge in [-0.3, -0.25) is 0 Å². The van der Waals surface area contributed by atoms with Gasteiger partial charge in [0.2, 0.25) is 0 Å². The molecule has 1 atom stereocenters. The van der Waals surface area contributed by atoms with Gasteiger partial charge in [0.15, 0.2) is 0 Å². The Labute approximate surface area is 111 Å². The fourth-order valence-corrected chi connectivity index (χ4v) is 2.29. The first-order chi connectivity index (χ1) is 8.20. The maximum absolute atomic E-state index is 6.02. The maximum atomic E-state index is 6.02. The molecule has 1 heterocycles. The number of benzene rings is 1. The van der Waals surface area contributed by atoms with E-state index in [2.05, 4.69) is 4.90 Å². The van der Waals surface area contributed by atoms with Gasteiger partial charge in [0, 0.05) is 18.8 Å². The van der Waals surface area contributed by atoms with E-state index in [0.29, 0.717) is 16.6 Å². The van der Waals surface area contributed by atoms with Crippen molar-refractivity contribution >= 4 is 28.9 Å². The highest BCUT2D eigenvalue weighted by Crippen LogP contribution is 2.28. The molecule has 1 aliphatic rings. The molecule has 5 heteroatoms. The van der Waals surface area contributed by atoms with Gasteiger partial charge in [0.05, 0.1) is 22.8 Å². The summed E-state index contributed by atoms with van der Waals surface area (Å²) in [6, 6.07) is 5.71. The lowest BCUT2D eigenvalue weighted by atomic mass is 10.2. The second-order valence-electron chi connectivity index (χ2n) is 4.11. The Kier molecular flexibility index (Phi) is 4.51. The predicted molar refractivity (Wildman–Crippen MR) is 72.1 cm³/mol. The number of ether oxygens (including phenoxy) is 1. The highest BCUT2D eigenvalue weighted by atomic mass is 35.5. The molecule has 1 aromatic rings. The molecule has 0 amide bonds. The van der Waals surface area contributed by atoms with Crippen LogP contribution in [0.1, 0.15) is 6.42 Å². The van der Waals surface area contributed by atoms with Gasteiger partial charge in [0.1, 0.15) is 0 Å². The van der Waals surface area contributed by atoms with Crippen molar-refractivity contribution in [2.75, 3.05) is 31.1 Å². The summed E-state index contributed by atoms with van der Waals surface area (Å²) in [4.78, 5) is 2.26. The molecule has 0 radical (unpaired) electrons. The van der Waals surface area contributed by atoms with Crippen LogP contribution in [0.25, 0.3) is 0 Å². The molecule has 17 heavy (non-hydrogen) atoms. The molecule has 0 aromatic heterocycles. The molecule has 0 saturated carbocycles. The summed E-state index contributed by atoms with van der Waals surface area (Å²) in [7, 11) is 0. The normalized spacial score (nSPS) is 20.6. The molecule has 1 fully saturated rings. The summed E-state index contributed by atoms with van der Waals surface area (Å²) >= 11 is 11.9. The molecule has 2 N–H and O–H groups in total. The fourth-order valence-electron chi connectivity index (χ4n) is 2.00. The van der Waals surface area contributed by atoms with Crippen LogP contribution in [0.3, 0.4) is 0 Å². The van der Waals surface area contributed by atoms with Crippen molar-refractivity contribution in [2.24, 2.45) is 5.73 Å². The van der Waals surface area contributed by atoms with Gasteiger partial charge < -0.3 is 15.4 Å². The summed E-state index contributed by atoms with van der Waals surface area (Å²) < 4.78 is 5.64. The molecule has 1 aromatic carbocycles. The van der Waals surface area contributed by atoms with Gasteiger partial charge in [-0.15, -0.1) is 0 Å². The Hall–Kier alpha value is -0.480. The first-order valence-electron chi connectivity index (χ1n) is 5.72. The third-order valence-corrected chi connectivity index (χ3v) is 3.63. The fraction of sp³-hybridized carbons (Fsp3) is 0.500. The smallest absolute Gasteiger partial charge is 0.0762 e. The zero-order valence-electron chi connectivity index (χ0n) is 9.53. The lowest BCUT2D eigenvalue weighted by molar-refractivity contribution is 0.0369. The van der Waals surface area contributed by atoms with Gasteiger partial charge in [-0.05, 0) is 31.2 Å². The van der Waals surface area contributed by atoms with E-state index in [0.717, 1.165) is 31.8 Å². The monoisotopic (exact) mass is 274 g/mol. The van der Waals surface area contributed by atoms with Crippen LogP contribution in [-0.2, 0) is 4.74 Å². The summed E-state index contributed by atoms with van der Waals surface area (Å²) in [5, 5.41) is 1.17. The van der Waals surface area contributed by atoms with Gasteiger partial charge in [-0.25, -0.2) is 0 Å². The second kappa shape index (κ2) is 5.91. The van der Waals surface area contributed by atoms with Crippen LogP contribution in [0.2, 0.25) is 10.0 Å². The van der Waals surface area contributed by atoms with Crippen molar-refractivity contribution in [3.8, 4) is 0 Å². The molecule has 1 aliphatic heterocycles. The zero-order chi connectivity index (χ0) is 12.3. The van der Waals surface area contributed by atoms with Gasteiger partial charge in [0.25, 0.3) is 0 Å². The maximum Gasteiger partial charge on any atom is 0.0762 e. The Morgan fingerprint density at radius 3 is 2.88 bits per heavy atom. The quantitative estimate of drug-likeness (QED) is 0.921. The van der Waals surface area contributed by atoms with Crippen LogP contribution in [0, 0.1) is 0 Å². The van der Waals surface area contributed by atoms with Crippen LogP contribution in [0.15, 0.2) is 18.2 Å². The van der Waals surface area contributed by atoms with E-state index >= 15 is 0 Å². The molecule has 0 spiro atoms. The largest absolute Gasteiger partial charge is 0.374 e. The SMILES string of the molecule is NCCC1CN(c2ccc(Cl)c(Cl)c2)CCO1. The third kappa shape index (κ3) is 3.26. The Bertz CT molecular complexity index is 385. The number of nitrogens with zero attached hydrogens (tertiary/aromatic N) is 1.